The van der Waals surface area contributed by atoms with Gasteiger partial charge in [-0.15, -0.1) is 0 Å². The number of hydrogen-bond acceptors (Lipinski definition) is 3. The Labute approximate surface area is 136 Å². The second-order valence-electron chi connectivity index (χ2n) is 5.02. The fraction of sp³-hybridized carbons (Fsp3) is 0.571. The van der Waals surface area contributed by atoms with Gasteiger partial charge in [0.15, 0.2) is 18.1 Å². The fourth-order valence-corrected chi connectivity index (χ4v) is 2.45. The van der Waals surface area contributed by atoms with Crippen LogP contribution in [0.5, 0.6) is 11.5 Å². The van der Waals surface area contributed by atoms with E-state index in [0.717, 1.165) is 5.56 Å². The molecule has 0 saturated heterocycles. The molecule has 1 aromatic carbocycles. The van der Waals surface area contributed by atoms with Crippen LogP contribution in [0.4, 0.5) is 13.2 Å². The summed E-state index contributed by atoms with van der Waals surface area (Å²) in [6.45, 7) is 3.50. The molecule has 0 unspecified atom stereocenters. The first-order valence-electron chi connectivity index (χ1n) is 6.40. The van der Waals surface area contributed by atoms with E-state index in [1.165, 1.54) is 7.11 Å². The summed E-state index contributed by atoms with van der Waals surface area (Å²) in [5.41, 5.74) is 0.965. The average Bonchev–Trinajstić information content (AvgIpc) is 2.35. The Balaban J connectivity index is 2.97. The van der Waals surface area contributed by atoms with Gasteiger partial charge in [-0.25, -0.2) is 0 Å². The summed E-state index contributed by atoms with van der Waals surface area (Å²) in [6.07, 6.45) is -4.37. The Morgan fingerprint density at radius 1 is 1.29 bits per heavy atom. The molecule has 3 nitrogen and oxygen atoms in total. The summed E-state index contributed by atoms with van der Waals surface area (Å²) in [5.74, 6) is 0.449. The highest BCUT2D eigenvalue weighted by molar-refractivity contribution is 14.1. The van der Waals surface area contributed by atoms with Crippen LogP contribution < -0.4 is 9.47 Å². The first-order chi connectivity index (χ1) is 9.64. The van der Waals surface area contributed by atoms with Crippen molar-refractivity contribution in [3.63, 3.8) is 0 Å². The van der Waals surface area contributed by atoms with Crippen molar-refractivity contribution in [1.82, 2.24) is 4.90 Å². The van der Waals surface area contributed by atoms with Crippen LogP contribution in [0, 0.1) is 3.57 Å². The minimum absolute atomic E-state index is 0.131. The third kappa shape index (κ3) is 5.90. The molecule has 0 radical (unpaired) electrons. The van der Waals surface area contributed by atoms with Crippen LogP contribution in [0.2, 0.25) is 0 Å². The van der Waals surface area contributed by atoms with Crippen molar-refractivity contribution in [3.05, 3.63) is 21.3 Å². The molecule has 7 heteroatoms. The predicted molar refractivity (Wildman–Crippen MR) is 83.9 cm³/mol. The normalized spacial score (nSPS) is 12.1. The van der Waals surface area contributed by atoms with Gasteiger partial charge in [0.25, 0.3) is 0 Å². The lowest BCUT2D eigenvalue weighted by Gasteiger charge is -2.22. The number of alkyl halides is 3. The molecule has 0 bridgehead atoms. The molecule has 0 N–H and O–H groups in total. The lowest BCUT2D eigenvalue weighted by atomic mass is 10.1. The molecule has 0 aliphatic rings. The first-order valence-corrected chi connectivity index (χ1v) is 7.48. The zero-order chi connectivity index (χ0) is 16.2. The molecule has 1 rings (SSSR count). The number of rotatable bonds is 6. The van der Waals surface area contributed by atoms with Gasteiger partial charge in [0.05, 0.1) is 10.7 Å². The molecule has 0 aliphatic heterocycles. The van der Waals surface area contributed by atoms with Crippen molar-refractivity contribution in [2.75, 3.05) is 20.8 Å². The topological polar surface area (TPSA) is 21.7 Å². The van der Waals surface area contributed by atoms with Gasteiger partial charge in [-0.3, -0.25) is 4.90 Å². The predicted octanol–water partition coefficient (Wildman–Crippen LogP) is 4.08. The Morgan fingerprint density at radius 2 is 1.90 bits per heavy atom. The standard InChI is InChI=1S/C14H19F3INO2/c1-9(2)19(3)7-10-5-11(18)13(12(6-10)20-4)21-8-14(15,16)17/h5-6,9H,7-8H2,1-4H3. The highest BCUT2D eigenvalue weighted by Gasteiger charge is 2.29. The van der Waals surface area contributed by atoms with Crippen LogP contribution >= 0.6 is 22.6 Å². The van der Waals surface area contributed by atoms with E-state index < -0.39 is 12.8 Å². The number of benzene rings is 1. The maximum atomic E-state index is 12.3. The molecule has 0 heterocycles. The minimum atomic E-state index is -4.37. The van der Waals surface area contributed by atoms with Crippen molar-refractivity contribution in [2.24, 2.45) is 0 Å². The number of halogens is 4. The Morgan fingerprint density at radius 3 is 2.38 bits per heavy atom. The molecule has 0 fully saturated rings. The van der Waals surface area contributed by atoms with Gasteiger partial charge >= 0.3 is 6.18 Å². The lowest BCUT2D eigenvalue weighted by molar-refractivity contribution is -0.153. The van der Waals surface area contributed by atoms with E-state index in [4.69, 9.17) is 9.47 Å². The van der Waals surface area contributed by atoms with E-state index in [2.05, 4.69) is 18.7 Å². The fourth-order valence-electron chi connectivity index (χ4n) is 1.63. The SMILES string of the molecule is COc1cc(CN(C)C(C)C)cc(I)c1OCC(F)(F)F. The van der Waals surface area contributed by atoms with E-state index in [1.807, 2.05) is 35.7 Å². The molecule has 0 aliphatic carbocycles. The van der Waals surface area contributed by atoms with Crippen LogP contribution in [0.3, 0.4) is 0 Å². The summed E-state index contributed by atoms with van der Waals surface area (Å²) in [5, 5.41) is 0. The maximum absolute atomic E-state index is 12.3. The Hall–Kier alpha value is -0.700. The smallest absolute Gasteiger partial charge is 0.422 e. The molecule has 0 aromatic heterocycles. The van der Waals surface area contributed by atoms with Gasteiger partial charge in [0.1, 0.15) is 0 Å². The molecule has 120 valence electrons. The molecule has 1 aromatic rings. The largest absolute Gasteiger partial charge is 0.493 e. The third-order valence-corrected chi connectivity index (χ3v) is 3.78. The molecule has 0 saturated carbocycles. The van der Waals surface area contributed by atoms with E-state index >= 15 is 0 Å². The van der Waals surface area contributed by atoms with E-state index in [9.17, 15) is 13.2 Å². The van der Waals surface area contributed by atoms with Gasteiger partial charge in [-0.1, -0.05) is 0 Å². The number of ether oxygens (including phenoxy) is 2. The zero-order valence-electron chi connectivity index (χ0n) is 12.4. The molecule has 0 spiro atoms. The van der Waals surface area contributed by atoms with E-state index in [0.29, 0.717) is 21.9 Å². The third-order valence-electron chi connectivity index (χ3n) is 2.98. The van der Waals surface area contributed by atoms with Crippen LogP contribution in [0.25, 0.3) is 0 Å². The quantitative estimate of drug-likeness (QED) is 0.652. The molecule has 0 atom stereocenters. The Bertz CT molecular complexity index is 478. The van der Waals surface area contributed by atoms with Crippen molar-refractivity contribution >= 4 is 22.6 Å². The van der Waals surface area contributed by atoms with E-state index in [-0.39, 0.29) is 5.75 Å². The molecular weight excluding hydrogens is 398 g/mol. The number of nitrogens with zero attached hydrogens (tertiary/aromatic N) is 1. The van der Waals surface area contributed by atoms with Crippen LogP contribution in [0.1, 0.15) is 19.4 Å². The van der Waals surface area contributed by atoms with Gasteiger partial charge in [0, 0.05) is 12.6 Å². The lowest BCUT2D eigenvalue weighted by Crippen LogP contribution is -2.25. The molecule has 21 heavy (non-hydrogen) atoms. The van der Waals surface area contributed by atoms with Gasteiger partial charge in [-0.2, -0.15) is 13.2 Å². The van der Waals surface area contributed by atoms with Crippen LogP contribution in [0.15, 0.2) is 12.1 Å². The second-order valence-corrected chi connectivity index (χ2v) is 6.18. The van der Waals surface area contributed by atoms with Gasteiger partial charge in [0.2, 0.25) is 0 Å². The van der Waals surface area contributed by atoms with Gasteiger partial charge < -0.3 is 9.47 Å². The molecular formula is C14H19F3INO2. The van der Waals surface area contributed by atoms with Crippen molar-refractivity contribution in [3.8, 4) is 11.5 Å². The van der Waals surface area contributed by atoms with Crippen LogP contribution in [-0.2, 0) is 6.54 Å². The maximum Gasteiger partial charge on any atom is 0.422 e. The first kappa shape index (κ1) is 18.3. The van der Waals surface area contributed by atoms with Crippen molar-refractivity contribution in [1.29, 1.82) is 0 Å². The summed E-state index contributed by atoms with van der Waals surface area (Å²) in [4.78, 5) is 2.13. The van der Waals surface area contributed by atoms with Crippen molar-refractivity contribution < 1.29 is 22.6 Å². The zero-order valence-corrected chi connectivity index (χ0v) is 14.6. The second kappa shape index (κ2) is 7.53. The summed E-state index contributed by atoms with van der Waals surface area (Å²) >= 11 is 1.96. The number of hydrogen-bond donors (Lipinski definition) is 0. The summed E-state index contributed by atoms with van der Waals surface area (Å²) in [6, 6.07) is 3.90. The van der Waals surface area contributed by atoms with Crippen molar-refractivity contribution in [2.45, 2.75) is 32.6 Å². The van der Waals surface area contributed by atoms with Crippen LogP contribution in [-0.4, -0.2) is 37.9 Å². The minimum Gasteiger partial charge on any atom is -0.493 e. The monoisotopic (exact) mass is 417 g/mol. The van der Waals surface area contributed by atoms with Gasteiger partial charge in [-0.05, 0) is 61.2 Å². The Kier molecular flexibility index (Phi) is 6.58. The summed E-state index contributed by atoms with van der Waals surface area (Å²) < 4.78 is 47.4. The highest BCUT2D eigenvalue weighted by atomic mass is 127. The summed E-state index contributed by atoms with van der Waals surface area (Å²) in [7, 11) is 3.40. The average molecular weight is 417 g/mol. The highest BCUT2D eigenvalue weighted by Crippen LogP contribution is 2.35. The van der Waals surface area contributed by atoms with E-state index in [1.54, 1.807) is 6.07 Å². The molecule has 0 amide bonds. The number of methoxy groups -OCH3 is 1.